The van der Waals surface area contributed by atoms with Crippen molar-refractivity contribution < 1.29 is 14.2 Å². The Kier molecular flexibility index (Phi) is 6.87. The third-order valence-corrected chi connectivity index (χ3v) is 6.92. The molecule has 1 aliphatic carbocycles. The Morgan fingerprint density at radius 3 is 2.52 bits per heavy atom. The Morgan fingerprint density at radius 1 is 1.10 bits per heavy atom. The van der Waals surface area contributed by atoms with Gasteiger partial charge in [0.1, 0.15) is 38.0 Å². The summed E-state index contributed by atoms with van der Waals surface area (Å²) in [6, 6.07) is 7.88. The zero-order chi connectivity index (χ0) is 20.1. The van der Waals surface area contributed by atoms with E-state index in [4.69, 9.17) is 0 Å². The smallest absolute Gasteiger partial charge is 0.209 e. The monoisotopic (exact) mass is 402 g/mol. The van der Waals surface area contributed by atoms with Crippen LogP contribution in [0.4, 0.5) is 4.39 Å². The minimum atomic E-state index is -0.210. The molecule has 7 heteroatoms. The van der Waals surface area contributed by atoms with Crippen LogP contribution in [0.25, 0.3) is 0 Å². The highest BCUT2D eigenvalue weighted by Gasteiger charge is 2.36. The predicted octanol–water partition coefficient (Wildman–Crippen LogP) is 0.818. The molecule has 0 unspecified atom stereocenters. The van der Waals surface area contributed by atoms with E-state index in [9.17, 15) is 4.39 Å². The van der Waals surface area contributed by atoms with E-state index in [1.165, 1.54) is 76.8 Å². The summed E-state index contributed by atoms with van der Waals surface area (Å²) >= 11 is 0. The van der Waals surface area contributed by atoms with E-state index in [0.29, 0.717) is 12.6 Å². The Bertz CT molecular complexity index is 747. The average molecular weight is 403 g/mol. The molecular formula is C22H35FN6+2. The highest BCUT2D eigenvalue weighted by atomic mass is 19.1. The van der Waals surface area contributed by atoms with Gasteiger partial charge in [0.15, 0.2) is 0 Å². The molecule has 1 atom stereocenters. The highest BCUT2D eigenvalue weighted by molar-refractivity contribution is 5.16. The van der Waals surface area contributed by atoms with E-state index in [1.807, 2.05) is 21.7 Å². The van der Waals surface area contributed by atoms with Crippen molar-refractivity contribution in [1.82, 2.24) is 20.2 Å². The first kappa shape index (κ1) is 20.4. The molecule has 0 bridgehead atoms. The average Bonchev–Trinajstić information content (AvgIpc) is 3.43. The van der Waals surface area contributed by atoms with E-state index < -0.39 is 0 Å². The maximum absolute atomic E-state index is 13.2. The van der Waals surface area contributed by atoms with Crippen LogP contribution in [-0.4, -0.2) is 52.4 Å². The van der Waals surface area contributed by atoms with Crippen LogP contribution in [0.3, 0.4) is 0 Å². The molecule has 29 heavy (non-hydrogen) atoms. The first-order chi connectivity index (χ1) is 14.2. The molecule has 158 valence electrons. The summed E-state index contributed by atoms with van der Waals surface area (Å²) in [5.74, 6) is 0.778. The van der Waals surface area contributed by atoms with E-state index in [2.05, 4.69) is 22.4 Å². The number of tetrazole rings is 1. The van der Waals surface area contributed by atoms with Crippen LogP contribution < -0.4 is 9.80 Å². The van der Waals surface area contributed by atoms with E-state index >= 15 is 0 Å². The number of piperazine rings is 1. The summed E-state index contributed by atoms with van der Waals surface area (Å²) < 4.78 is 15.2. The van der Waals surface area contributed by atoms with Crippen LogP contribution in [0.1, 0.15) is 69.3 Å². The highest BCUT2D eigenvalue weighted by Crippen LogP contribution is 2.17. The fourth-order valence-electron chi connectivity index (χ4n) is 5.24. The Labute approximate surface area is 173 Å². The van der Waals surface area contributed by atoms with Crippen LogP contribution in [-0.2, 0) is 6.54 Å². The van der Waals surface area contributed by atoms with Gasteiger partial charge in [-0.25, -0.2) is 9.07 Å². The zero-order valence-corrected chi connectivity index (χ0v) is 17.6. The van der Waals surface area contributed by atoms with Crippen molar-refractivity contribution in [2.75, 3.05) is 26.2 Å². The van der Waals surface area contributed by atoms with E-state index in [0.717, 1.165) is 23.9 Å². The number of benzene rings is 1. The van der Waals surface area contributed by atoms with Crippen molar-refractivity contribution in [3.05, 3.63) is 41.5 Å². The van der Waals surface area contributed by atoms with Crippen LogP contribution in [0.5, 0.6) is 0 Å². The Hall–Kier alpha value is -1.86. The van der Waals surface area contributed by atoms with Crippen molar-refractivity contribution >= 4 is 0 Å². The van der Waals surface area contributed by atoms with Gasteiger partial charge in [-0.1, -0.05) is 25.5 Å². The fourth-order valence-corrected chi connectivity index (χ4v) is 5.24. The largest absolute Gasteiger partial charge is 0.323 e. The van der Waals surface area contributed by atoms with Crippen molar-refractivity contribution in [1.29, 1.82) is 0 Å². The lowest BCUT2D eigenvalue weighted by atomic mass is 10.1. The number of rotatable bonds is 8. The van der Waals surface area contributed by atoms with Gasteiger partial charge >= 0.3 is 0 Å². The number of hydrogen-bond donors (Lipinski definition) is 2. The SMILES string of the molecule is CCCC[C@@H](c1nnnn1Cc1ccc(F)cc1)[NH+]1CC[NH+](C2CCCC2)CC1. The minimum Gasteiger partial charge on any atom is -0.323 e. The minimum absolute atomic E-state index is 0.210. The molecule has 1 aliphatic heterocycles. The second-order valence-electron chi connectivity index (χ2n) is 8.81. The molecule has 1 aromatic heterocycles. The molecule has 2 heterocycles. The van der Waals surface area contributed by atoms with Gasteiger partial charge in [0.25, 0.3) is 0 Å². The number of nitrogens with one attached hydrogen (secondary N) is 2. The second-order valence-corrected chi connectivity index (χ2v) is 8.81. The molecular weight excluding hydrogens is 367 g/mol. The molecule has 1 saturated heterocycles. The van der Waals surface area contributed by atoms with Crippen molar-refractivity contribution in [3.8, 4) is 0 Å². The Balaban J connectivity index is 1.46. The van der Waals surface area contributed by atoms with E-state index in [1.54, 1.807) is 4.90 Å². The number of hydrogen-bond acceptors (Lipinski definition) is 3. The summed E-state index contributed by atoms with van der Waals surface area (Å²) in [7, 11) is 0. The van der Waals surface area contributed by atoms with Gasteiger partial charge in [0.05, 0.1) is 12.6 Å². The molecule has 4 rings (SSSR count). The molecule has 2 fully saturated rings. The van der Waals surface area contributed by atoms with Gasteiger partial charge in [-0.15, -0.1) is 5.10 Å². The maximum atomic E-state index is 13.2. The van der Waals surface area contributed by atoms with Gasteiger partial charge < -0.3 is 9.80 Å². The van der Waals surface area contributed by atoms with Crippen LogP contribution in [0.2, 0.25) is 0 Å². The van der Waals surface area contributed by atoms with Crippen molar-refractivity contribution in [2.24, 2.45) is 0 Å². The number of aromatic nitrogens is 4. The van der Waals surface area contributed by atoms with Crippen molar-refractivity contribution in [3.63, 3.8) is 0 Å². The number of quaternary nitrogens is 2. The van der Waals surface area contributed by atoms with Gasteiger partial charge in [0, 0.05) is 6.42 Å². The van der Waals surface area contributed by atoms with E-state index in [-0.39, 0.29) is 5.82 Å². The summed E-state index contributed by atoms with van der Waals surface area (Å²) in [5.41, 5.74) is 1.03. The summed E-state index contributed by atoms with van der Waals surface area (Å²) in [6.45, 7) is 7.77. The normalized spacial score (nSPS) is 24.1. The summed E-state index contributed by atoms with van der Waals surface area (Å²) in [5, 5.41) is 12.7. The summed E-state index contributed by atoms with van der Waals surface area (Å²) in [4.78, 5) is 3.46. The molecule has 1 aromatic carbocycles. The third kappa shape index (κ3) is 5.01. The quantitative estimate of drug-likeness (QED) is 0.687. The molecule has 0 spiro atoms. The van der Waals surface area contributed by atoms with Gasteiger partial charge in [-0.2, -0.15) is 0 Å². The van der Waals surface area contributed by atoms with Crippen molar-refractivity contribution in [2.45, 2.75) is 70.5 Å². The van der Waals surface area contributed by atoms with Crippen LogP contribution in [0, 0.1) is 5.82 Å². The molecule has 6 nitrogen and oxygen atoms in total. The van der Waals surface area contributed by atoms with Crippen LogP contribution >= 0.6 is 0 Å². The molecule has 2 aromatic rings. The zero-order valence-electron chi connectivity index (χ0n) is 17.6. The first-order valence-electron chi connectivity index (χ1n) is 11.4. The lowest BCUT2D eigenvalue weighted by molar-refractivity contribution is -1.04. The summed E-state index contributed by atoms with van der Waals surface area (Å²) in [6.07, 6.45) is 9.16. The lowest BCUT2D eigenvalue weighted by Crippen LogP contribution is -3.29. The fraction of sp³-hybridized carbons (Fsp3) is 0.682. The molecule has 1 saturated carbocycles. The van der Waals surface area contributed by atoms with Gasteiger partial charge in [-0.05, 0) is 60.2 Å². The lowest BCUT2D eigenvalue weighted by Gasteiger charge is -2.36. The molecule has 2 N–H and O–H groups in total. The number of halogens is 1. The number of unbranched alkanes of at least 4 members (excludes halogenated alkanes) is 1. The van der Waals surface area contributed by atoms with Gasteiger partial charge in [-0.3, -0.25) is 0 Å². The Morgan fingerprint density at radius 2 is 1.83 bits per heavy atom. The third-order valence-electron chi connectivity index (χ3n) is 6.92. The topological polar surface area (TPSA) is 52.5 Å². The number of nitrogens with zero attached hydrogens (tertiary/aromatic N) is 4. The first-order valence-corrected chi connectivity index (χ1v) is 11.4. The molecule has 2 aliphatic rings. The molecule has 0 radical (unpaired) electrons. The molecule has 0 amide bonds. The maximum Gasteiger partial charge on any atom is 0.209 e. The predicted molar refractivity (Wildman–Crippen MR) is 109 cm³/mol. The second kappa shape index (κ2) is 9.76. The van der Waals surface area contributed by atoms with Crippen LogP contribution in [0.15, 0.2) is 24.3 Å². The van der Waals surface area contributed by atoms with Gasteiger partial charge in [0.2, 0.25) is 5.82 Å². The standard InChI is InChI=1S/C22H33FN6/c1-2-3-8-21(28-15-13-27(14-16-28)20-6-4-5-7-20)22-24-25-26-29(22)17-18-9-11-19(23)12-10-18/h9-12,20-21H,2-8,13-17H2,1H3/p+2/t21-/m0/s1.